The summed E-state index contributed by atoms with van der Waals surface area (Å²) in [6.45, 7) is 4.03. The van der Waals surface area contributed by atoms with E-state index in [-0.39, 0.29) is 17.7 Å². The third kappa shape index (κ3) is 5.09. The maximum Gasteiger partial charge on any atom is 0.284 e. The topological polar surface area (TPSA) is 88.1 Å². The molecule has 2 heterocycles. The zero-order valence-electron chi connectivity index (χ0n) is 18.4. The van der Waals surface area contributed by atoms with Crippen molar-refractivity contribution in [2.24, 2.45) is 5.10 Å². The molecule has 0 radical (unpaired) electrons. The molecule has 4 rings (SSSR count). The van der Waals surface area contributed by atoms with Crippen LogP contribution >= 0.6 is 11.3 Å². The third-order valence-corrected chi connectivity index (χ3v) is 7.46. The second-order valence-electron chi connectivity index (χ2n) is 7.45. The van der Waals surface area contributed by atoms with Crippen LogP contribution in [0.4, 0.5) is 5.69 Å². The number of hydrazone groups is 1. The van der Waals surface area contributed by atoms with E-state index in [0.29, 0.717) is 23.6 Å². The van der Waals surface area contributed by atoms with Gasteiger partial charge in [0.25, 0.3) is 5.91 Å². The molecule has 0 unspecified atom stereocenters. The van der Waals surface area contributed by atoms with Crippen LogP contribution in [0.15, 0.2) is 71.1 Å². The first kappa shape index (κ1) is 23.0. The molecule has 3 aromatic rings. The van der Waals surface area contributed by atoms with E-state index in [9.17, 15) is 13.2 Å². The summed E-state index contributed by atoms with van der Waals surface area (Å²) >= 11 is 1.38. The fourth-order valence-electron chi connectivity index (χ4n) is 3.65. The lowest BCUT2D eigenvalue weighted by Crippen LogP contribution is -2.26. The van der Waals surface area contributed by atoms with Crippen molar-refractivity contribution < 1.29 is 17.9 Å². The summed E-state index contributed by atoms with van der Waals surface area (Å²) in [6.07, 6.45) is 0.515. The molecule has 0 aliphatic carbocycles. The van der Waals surface area contributed by atoms with E-state index in [1.165, 1.54) is 16.3 Å². The summed E-state index contributed by atoms with van der Waals surface area (Å²) in [5.74, 6) is 0.570. The Morgan fingerprint density at radius 3 is 2.55 bits per heavy atom. The van der Waals surface area contributed by atoms with Crippen LogP contribution < -0.4 is 9.46 Å². The number of para-hydroxylation sites is 1. The van der Waals surface area contributed by atoms with Gasteiger partial charge in [0, 0.05) is 17.7 Å². The minimum absolute atomic E-state index is 0.00215. The van der Waals surface area contributed by atoms with E-state index >= 15 is 0 Å². The van der Waals surface area contributed by atoms with Gasteiger partial charge in [-0.2, -0.15) is 5.10 Å². The van der Waals surface area contributed by atoms with Crippen LogP contribution in [0.25, 0.3) is 0 Å². The van der Waals surface area contributed by atoms with Gasteiger partial charge in [0.15, 0.2) is 0 Å². The molecule has 7 nitrogen and oxygen atoms in total. The van der Waals surface area contributed by atoms with Crippen LogP contribution in [0.3, 0.4) is 0 Å². The van der Waals surface area contributed by atoms with E-state index in [2.05, 4.69) is 4.72 Å². The van der Waals surface area contributed by atoms with Gasteiger partial charge in [0.1, 0.15) is 5.75 Å². The van der Waals surface area contributed by atoms with Crippen molar-refractivity contribution in [1.29, 1.82) is 0 Å². The van der Waals surface area contributed by atoms with Crippen molar-refractivity contribution in [3.8, 4) is 5.75 Å². The second kappa shape index (κ2) is 9.76. The molecule has 0 spiro atoms. The minimum Gasteiger partial charge on any atom is -0.494 e. The normalized spacial score (nSPS) is 15.9. The Balaban J connectivity index is 1.67. The quantitative estimate of drug-likeness (QED) is 0.494. The van der Waals surface area contributed by atoms with Crippen molar-refractivity contribution in [3.63, 3.8) is 0 Å². The Labute approximate surface area is 197 Å². The molecule has 9 heteroatoms. The van der Waals surface area contributed by atoms with Gasteiger partial charge in [0.05, 0.1) is 29.0 Å². The summed E-state index contributed by atoms with van der Waals surface area (Å²) in [4.78, 5) is 13.9. The van der Waals surface area contributed by atoms with Crippen LogP contribution in [0.2, 0.25) is 0 Å². The van der Waals surface area contributed by atoms with Gasteiger partial charge >= 0.3 is 0 Å². The average Bonchev–Trinajstić information content (AvgIpc) is 3.50. The molecule has 1 aromatic heterocycles. The number of nitrogens with zero attached hydrogens (tertiary/aromatic N) is 2. The molecule has 2 aromatic carbocycles. The van der Waals surface area contributed by atoms with Gasteiger partial charge < -0.3 is 4.74 Å². The van der Waals surface area contributed by atoms with E-state index < -0.39 is 10.0 Å². The largest absolute Gasteiger partial charge is 0.494 e. The Morgan fingerprint density at radius 1 is 1.12 bits per heavy atom. The van der Waals surface area contributed by atoms with Crippen molar-refractivity contribution in [2.45, 2.75) is 26.3 Å². The van der Waals surface area contributed by atoms with E-state index in [4.69, 9.17) is 9.84 Å². The zero-order valence-corrected chi connectivity index (χ0v) is 20.0. The summed E-state index contributed by atoms with van der Waals surface area (Å²) in [5.41, 5.74) is 2.97. The zero-order chi connectivity index (χ0) is 23.4. The Bertz CT molecular complexity index is 1250. The van der Waals surface area contributed by atoms with Gasteiger partial charge in [-0.15, -0.1) is 11.3 Å². The van der Waals surface area contributed by atoms with Gasteiger partial charge in [-0.25, -0.2) is 13.4 Å². The third-order valence-electron chi connectivity index (χ3n) is 5.30. The highest BCUT2D eigenvalue weighted by atomic mass is 32.2. The SMILES string of the molecule is CCOc1ccccc1[C@@H]1CC(c2ccc(NS(=O)(=O)CC)cc2)=NN1C(=O)c1cccs1. The smallest absolute Gasteiger partial charge is 0.284 e. The van der Waals surface area contributed by atoms with Gasteiger partial charge in [-0.05, 0) is 49.1 Å². The number of anilines is 1. The highest BCUT2D eigenvalue weighted by Gasteiger charge is 2.35. The summed E-state index contributed by atoms with van der Waals surface area (Å²) in [6, 6.07) is 18.1. The molecule has 0 saturated carbocycles. The predicted octanol–water partition coefficient (Wildman–Crippen LogP) is 4.90. The van der Waals surface area contributed by atoms with Crippen LogP contribution in [0.5, 0.6) is 5.75 Å². The number of benzene rings is 2. The fourth-order valence-corrected chi connectivity index (χ4v) is 4.95. The molecule has 172 valence electrons. The Morgan fingerprint density at radius 2 is 1.88 bits per heavy atom. The number of amides is 1. The van der Waals surface area contributed by atoms with Crippen LogP contribution in [0, 0.1) is 0 Å². The molecular weight excluding hydrogens is 458 g/mol. The number of thiophene rings is 1. The van der Waals surface area contributed by atoms with E-state index in [0.717, 1.165) is 22.6 Å². The number of rotatable bonds is 8. The molecular formula is C24H25N3O4S2. The maximum absolute atomic E-state index is 13.3. The maximum atomic E-state index is 13.3. The molecule has 1 amide bonds. The van der Waals surface area contributed by atoms with Crippen molar-refractivity contribution in [1.82, 2.24) is 5.01 Å². The van der Waals surface area contributed by atoms with E-state index in [1.807, 2.05) is 54.8 Å². The fraction of sp³-hybridized carbons (Fsp3) is 0.250. The Kier molecular flexibility index (Phi) is 6.80. The summed E-state index contributed by atoms with van der Waals surface area (Å²) in [7, 11) is -3.35. The van der Waals surface area contributed by atoms with Crippen molar-refractivity contribution >= 4 is 38.7 Å². The van der Waals surface area contributed by atoms with Gasteiger partial charge in [-0.1, -0.05) is 36.4 Å². The lowest BCUT2D eigenvalue weighted by Gasteiger charge is -2.23. The molecule has 1 N–H and O–H groups in total. The summed E-state index contributed by atoms with van der Waals surface area (Å²) in [5, 5.41) is 8.11. The minimum atomic E-state index is -3.35. The summed E-state index contributed by atoms with van der Waals surface area (Å²) < 4.78 is 32.0. The molecule has 0 saturated heterocycles. The van der Waals surface area contributed by atoms with Crippen LogP contribution in [-0.2, 0) is 10.0 Å². The molecule has 1 atom stereocenters. The second-order valence-corrected chi connectivity index (χ2v) is 10.4. The number of hydrogen-bond donors (Lipinski definition) is 1. The number of sulfonamides is 1. The highest BCUT2D eigenvalue weighted by molar-refractivity contribution is 7.92. The first-order chi connectivity index (χ1) is 15.9. The number of ether oxygens (including phenoxy) is 1. The average molecular weight is 484 g/mol. The lowest BCUT2D eigenvalue weighted by atomic mass is 9.97. The highest BCUT2D eigenvalue weighted by Crippen LogP contribution is 2.38. The van der Waals surface area contributed by atoms with Crippen LogP contribution in [0.1, 0.15) is 47.1 Å². The standard InChI is InChI=1S/C24H25N3O4S2/c1-3-31-22-9-6-5-8-19(22)21-16-20(25-27(21)24(28)23-10-7-15-32-23)17-11-13-18(14-12-17)26-33(29,30)4-2/h5-15,21,26H,3-4,16H2,1-2H3/t21-/m0/s1. The first-order valence-electron chi connectivity index (χ1n) is 10.7. The van der Waals surface area contributed by atoms with Crippen molar-refractivity contribution in [2.75, 3.05) is 17.1 Å². The number of carbonyl (C=O) groups is 1. The monoisotopic (exact) mass is 483 g/mol. The number of carbonyl (C=O) groups excluding carboxylic acids is 1. The van der Waals surface area contributed by atoms with Gasteiger partial charge in [-0.3, -0.25) is 9.52 Å². The number of nitrogens with one attached hydrogen (secondary N) is 1. The lowest BCUT2D eigenvalue weighted by molar-refractivity contribution is 0.0714. The van der Waals surface area contributed by atoms with Gasteiger partial charge in [0.2, 0.25) is 10.0 Å². The molecule has 0 fully saturated rings. The van der Waals surface area contributed by atoms with Crippen LogP contribution in [-0.4, -0.2) is 37.4 Å². The first-order valence-corrected chi connectivity index (χ1v) is 13.2. The Hall–Kier alpha value is -3.17. The molecule has 0 bridgehead atoms. The molecule has 33 heavy (non-hydrogen) atoms. The number of hydrogen-bond acceptors (Lipinski definition) is 6. The predicted molar refractivity (Wildman–Crippen MR) is 132 cm³/mol. The van der Waals surface area contributed by atoms with E-state index in [1.54, 1.807) is 25.1 Å². The molecule has 1 aliphatic heterocycles. The molecule has 1 aliphatic rings. The van der Waals surface area contributed by atoms with Crippen molar-refractivity contribution in [3.05, 3.63) is 82.0 Å².